The molecule has 2 N–H and O–H groups in total. The van der Waals surface area contributed by atoms with Crippen molar-refractivity contribution in [1.29, 1.82) is 0 Å². The smallest absolute Gasteiger partial charge is 0.266 e. The number of hydrogen-bond acceptors (Lipinski definition) is 6. The molecular formula is C11H11Br2N5O2S. The largest absolute Gasteiger partial charge is 0.369 e. The normalized spacial score (nSPS) is 11.2. The second kappa shape index (κ2) is 6.67. The predicted octanol–water partition coefficient (Wildman–Crippen LogP) is 2.63. The fourth-order valence-electron chi connectivity index (χ4n) is 1.48. The van der Waals surface area contributed by atoms with Gasteiger partial charge < -0.3 is 5.32 Å². The standard InChI is InChI=1S/C11H11Br2N5O2S/c1-2-14-11-8(3-7(12)4-17-11)21(19,20)18-10-6-15-9(13)5-16-10/h3-6H,2H2,1H3,(H,14,17)(H,16,18). The van der Waals surface area contributed by atoms with Gasteiger partial charge in [0.15, 0.2) is 5.82 Å². The van der Waals surface area contributed by atoms with E-state index in [-0.39, 0.29) is 16.5 Å². The minimum Gasteiger partial charge on any atom is -0.369 e. The van der Waals surface area contributed by atoms with Crippen molar-refractivity contribution < 1.29 is 8.42 Å². The van der Waals surface area contributed by atoms with Gasteiger partial charge in [0.05, 0.1) is 12.4 Å². The molecule has 10 heteroatoms. The van der Waals surface area contributed by atoms with Gasteiger partial charge in [-0.25, -0.2) is 23.4 Å². The van der Waals surface area contributed by atoms with Crippen LogP contribution < -0.4 is 10.0 Å². The Hall–Kier alpha value is -1.26. The van der Waals surface area contributed by atoms with E-state index in [1.54, 1.807) is 0 Å². The van der Waals surface area contributed by atoms with E-state index in [1.807, 2.05) is 6.92 Å². The minimum absolute atomic E-state index is 0.0310. The third-order valence-corrected chi connectivity index (χ3v) is 4.52. The Kier molecular flexibility index (Phi) is 5.12. The van der Waals surface area contributed by atoms with Crippen LogP contribution in [0.1, 0.15) is 6.92 Å². The molecule has 0 aromatic carbocycles. The van der Waals surface area contributed by atoms with E-state index in [0.717, 1.165) is 0 Å². The molecule has 0 bridgehead atoms. The summed E-state index contributed by atoms with van der Waals surface area (Å²) in [5.74, 6) is 0.402. The number of sulfonamides is 1. The number of nitrogens with zero attached hydrogens (tertiary/aromatic N) is 3. The van der Waals surface area contributed by atoms with Crippen molar-refractivity contribution >= 4 is 53.5 Å². The van der Waals surface area contributed by atoms with Gasteiger partial charge in [-0.1, -0.05) is 0 Å². The van der Waals surface area contributed by atoms with E-state index in [4.69, 9.17) is 0 Å². The molecule has 112 valence electrons. The Balaban J connectivity index is 2.39. The summed E-state index contributed by atoms with van der Waals surface area (Å²) in [6.45, 7) is 2.41. The maximum absolute atomic E-state index is 12.4. The molecule has 0 fully saturated rings. The predicted molar refractivity (Wildman–Crippen MR) is 86.6 cm³/mol. The van der Waals surface area contributed by atoms with Gasteiger partial charge in [0.2, 0.25) is 0 Å². The highest BCUT2D eigenvalue weighted by Crippen LogP contribution is 2.24. The maximum atomic E-state index is 12.4. The van der Waals surface area contributed by atoms with Gasteiger partial charge in [-0.3, -0.25) is 4.72 Å². The van der Waals surface area contributed by atoms with Gasteiger partial charge in [-0.2, -0.15) is 0 Å². The zero-order valence-corrected chi connectivity index (χ0v) is 14.8. The fraction of sp³-hybridized carbons (Fsp3) is 0.182. The summed E-state index contributed by atoms with van der Waals surface area (Å²) < 4.78 is 28.3. The number of rotatable bonds is 5. The summed E-state index contributed by atoms with van der Waals surface area (Å²) in [5, 5.41) is 2.91. The van der Waals surface area contributed by atoms with Gasteiger partial charge in [0.1, 0.15) is 15.3 Å². The lowest BCUT2D eigenvalue weighted by Crippen LogP contribution is -2.17. The first-order valence-corrected chi connectivity index (χ1v) is 8.89. The SMILES string of the molecule is CCNc1ncc(Br)cc1S(=O)(=O)Nc1cnc(Br)cn1. The van der Waals surface area contributed by atoms with Crippen LogP contribution in [0.2, 0.25) is 0 Å². The molecule has 0 atom stereocenters. The molecule has 2 aromatic heterocycles. The monoisotopic (exact) mass is 435 g/mol. The summed E-state index contributed by atoms with van der Waals surface area (Å²) in [6, 6.07) is 1.47. The molecule has 7 nitrogen and oxygen atoms in total. The maximum Gasteiger partial charge on any atom is 0.266 e. The topological polar surface area (TPSA) is 96.9 Å². The second-order valence-corrected chi connectivity index (χ2v) is 7.24. The Morgan fingerprint density at radius 3 is 2.52 bits per heavy atom. The van der Waals surface area contributed by atoms with Crippen molar-refractivity contribution in [3.05, 3.63) is 33.7 Å². The molecule has 0 amide bonds. The summed E-state index contributed by atoms with van der Waals surface area (Å²) in [4.78, 5) is 12.0. The van der Waals surface area contributed by atoms with Gasteiger partial charge in [0, 0.05) is 17.2 Å². The van der Waals surface area contributed by atoms with Gasteiger partial charge in [0.25, 0.3) is 10.0 Å². The highest BCUT2D eigenvalue weighted by molar-refractivity contribution is 9.10. The lowest BCUT2D eigenvalue weighted by atomic mass is 10.4. The summed E-state index contributed by atoms with van der Waals surface area (Å²) in [7, 11) is -3.82. The van der Waals surface area contributed by atoms with Crippen LogP contribution in [-0.4, -0.2) is 29.9 Å². The highest BCUT2D eigenvalue weighted by atomic mass is 79.9. The first kappa shape index (κ1) is 16.1. The molecule has 0 saturated heterocycles. The Morgan fingerprint density at radius 1 is 1.14 bits per heavy atom. The number of pyridine rings is 1. The zero-order chi connectivity index (χ0) is 15.5. The number of anilines is 2. The molecule has 0 unspecified atom stereocenters. The molecular weight excluding hydrogens is 426 g/mol. The van der Waals surface area contributed by atoms with Crippen molar-refractivity contribution in [2.45, 2.75) is 11.8 Å². The number of nitrogens with one attached hydrogen (secondary N) is 2. The Morgan fingerprint density at radius 2 is 1.90 bits per heavy atom. The second-order valence-electron chi connectivity index (χ2n) is 3.86. The molecule has 2 aromatic rings. The van der Waals surface area contributed by atoms with E-state index >= 15 is 0 Å². The van der Waals surface area contributed by atoms with Crippen molar-refractivity contribution in [2.75, 3.05) is 16.6 Å². The van der Waals surface area contributed by atoms with Crippen LogP contribution in [0, 0.1) is 0 Å². The van der Waals surface area contributed by atoms with Crippen LogP contribution in [0.3, 0.4) is 0 Å². The average Bonchev–Trinajstić information content (AvgIpc) is 2.43. The third kappa shape index (κ3) is 4.11. The lowest BCUT2D eigenvalue weighted by Gasteiger charge is -2.12. The van der Waals surface area contributed by atoms with Gasteiger partial charge >= 0.3 is 0 Å². The molecule has 0 radical (unpaired) electrons. The molecule has 0 spiro atoms. The Bertz CT molecular complexity index is 737. The van der Waals surface area contributed by atoms with E-state index < -0.39 is 10.0 Å². The van der Waals surface area contributed by atoms with E-state index in [9.17, 15) is 8.42 Å². The molecule has 2 heterocycles. The fourth-order valence-corrected chi connectivity index (χ4v) is 3.32. The van der Waals surface area contributed by atoms with Crippen LogP contribution in [0.4, 0.5) is 11.6 Å². The summed E-state index contributed by atoms with van der Waals surface area (Å²) in [5.41, 5.74) is 0. The van der Waals surface area contributed by atoms with Crippen molar-refractivity contribution in [2.24, 2.45) is 0 Å². The van der Waals surface area contributed by atoms with Crippen LogP contribution in [0.15, 0.2) is 38.6 Å². The quantitative estimate of drug-likeness (QED) is 0.747. The third-order valence-electron chi connectivity index (χ3n) is 2.31. The minimum atomic E-state index is -3.82. The molecule has 0 aliphatic heterocycles. The van der Waals surface area contributed by atoms with Crippen LogP contribution in [0.5, 0.6) is 0 Å². The Labute approximate surface area is 138 Å². The number of hydrogen-bond donors (Lipinski definition) is 2. The molecule has 2 rings (SSSR count). The van der Waals surface area contributed by atoms with Crippen molar-refractivity contribution in [3.8, 4) is 0 Å². The number of aromatic nitrogens is 3. The van der Waals surface area contributed by atoms with Crippen LogP contribution in [-0.2, 0) is 10.0 Å². The van der Waals surface area contributed by atoms with Crippen molar-refractivity contribution in [3.63, 3.8) is 0 Å². The van der Waals surface area contributed by atoms with E-state index in [1.165, 1.54) is 24.7 Å². The van der Waals surface area contributed by atoms with Gasteiger partial charge in [-0.15, -0.1) is 0 Å². The molecule has 0 aliphatic rings. The van der Waals surface area contributed by atoms with Crippen LogP contribution >= 0.6 is 31.9 Å². The zero-order valence-electron chi connectivity index (χ0n) is 10.8. The van der Waals surface area contributed by atoms with E-state index in [2.05, 4.69) is 56.9 Å². The molecule has 0 saturated carbocycles. The van der Waals surface area contributed by atoms with Crippen LogP contribution in [0.25, 0.3) is 0 Å². The first-order chi connectivity index (χ1) is 9.92. The lowest BCUT2D eigenvalue weighted by molar-refractivity contribution is 0.601. The van der Waals surface area contributed by atoms with Gasteiger partial charge in [-0.05, 0) is 44.8 Å². The van der Waals surface area contributed by atoms with E-state index in [0.29, 0.717) is 15.6 Å². The van der Waals surface area contributed by atoms with Crippen molar-refractivity contribution in [1.82, 2.24) is 15.0 Å². The molecule has 0 aliphatic carbocycles. The summed E-state index contributed by atoms with van der Waals surface area (Å²) >= 11 is 6.35. The average molecular weight is 437 g/mol. The summed E-state index contributed by atoms with van der Waals surface area (Å²) in [6.07, 6.45) is 4.25. The first-order valence-electron chi connectivity index (χ1n) is 5.82. The molecule has 21 heavy (non-hydrogen) atoms. The highest BCUT2D eigenvalue weighted by Gasteiger charge is 2.21. The number of halogens is 2.